The van der Waals surface area contributed by atoms with E-state index >= 15 is 0 Å². The fourth-order valence-electron chi connectivity index (χ4n) is 7.35. The minimum absolute atomic E-state index is 0.148. The van der Waals surface area contributed by atoms with Crippen LogP contribution < -0.4 is 5.11 Å². The second kappa shape index (κ2) is 45.3. The van der Waals surface area contributed by atoms with Gasteiger partial charge in [-0.05, 0) is 64.2 Å². The summed E-state index contributed by atoms with van der Waals surface area (Å²) in [6.07, 6.45) is 47.8. The molecule has 0 aromatic heterocycles. The van der Waals surface area contributed by atoms with Crippen LogP contribution in [0.15, 0.2) is 24.3 Å². The molecule has 0 aromatic rings. The highest BCUT2D eigenvalue weighted by Gasteiger charge is 2.22. The van der Waals surface area contributed by atoms with Crippen molar-refractivity contribution in [3.63, 3.8) is 0 Å². The maximum absolute atomic E-state index is 12.8. The van der Waals surface area contributed by atoms with Gasteiger partial charge in [0.1, 0.15) is 13.2 Å². The van der Waals surface area contributed by atoms with Gasteiger partial charge >= 0.3 is 11.9 Å². The molecule has 364 valence electrons. The van der Waals surface area contributed by atoms with E-state index in [4.69, 9.17) is 18.9 Å². The fraction of sp³-hybridized carbons (Fsp3) is 0.868. The third-order valence-electron chi connectivity index (χ3n) is 11.4. The van der Waals surface area contributed by atoms with E-state index in [2.05, 4.69) is 38.2 Å². The average molecular weight is 878 g/mol. The van der Waals surface area contributed by atoms with Crippen LogP contribution in [0.4, 0.5) is 0 Å². The molecular weight excluding hydrogens is 779 g/mol. The first kappa shape index (κ1) is 59.8. The van der Waals surface area contributed by atoms with Crippen LogP contribution in [0.25, 0.3) is 0 Å². The molecule has 0 aliphatic heterocycles. The number of rotatable bonds is 48. The van der Waals surface area contributed by atoms with Gasteiger partial charge in [0, 0.05) is 12.8 Å². The normalized spacial score (nSPS) is 13.0. The van der Waals surface area contributed by atoms with Gasteiger partial charge in [0.05, 0.1) is 40.3 Å². The molecule has 0 bridgehead atoms. The van der Waals surface area contributed by atoms with Gasteiger partial charge in [0.15, 0.2) is 12.4 Å². The van der Waals surface area contributed by atoms with Crippen molar-refractivity contribution < 1.29 is 42.9 Å². The molecule has 0 saturated carbocycles. The van der Waals surface area contributed by atoms with Crippen molar-refractivity contribution >= 4 is 17.9 Å². The largest absolute Gasteiger partial charge is 0.545 e. The van der Waals surface area contributed by atoms with Crippen molar-refractivity contribution in [1.82, 2.24) is 0 Å². The number of quaternary nitrogens is 1. The number of allylic oxidation sites excluding steroid dienone is 4. The van der Waals surface area contributed by atoms with E-state index in [9.17, 15) is 19.5 Å². The summed E-state index contributed by atoms with van der Waals surface area (Å²) >= 11 is 0. The van der Waals surface area contributed by atoms with Gasteiger partial charge in [0.25, 0.3) is 0 Å². The first-order valence-electron chi connectivity index (χ1n) is 26.0. The summed E-state index contributed by atoms with van der Waals surface area (Å²) in [7, 11) is 5.92. The summed E-state index contributed by atoms with van der Waals surface area (Å²) in [4.78, 5) is 37.1. The molecule has 2 unspecified atom stereocenters. The Hall–Kier alpha value is -2.23. The monoisotopic (exact) mass is 878 g/mol. The third-order valence-corrected chi connectivity index (χ3v) is 11.4. The van der Waals surface area contributed by atoms with Crippen LogP contribution in [0.2, 0.25) is 0 Å². The van der Waals surface area contributed by atoms with Crippen molar-refractivity contribution in [2.24, 2.45) is 0 Å². The predicted molar refractivity (Wildman–Crippen MR) is 256 cm³/mol. The Morgan fingerprint density at radius 1 is 0.468 bits per heavy atom. The summed E-state index contributed by atoms with van der Waals surface area (Å²) in [6.45, 7) is 4.76. The lowest BCUT2D eigenvalue weighted by molar-refractivity contribution is -0.870. The second-order valence-corrected chi connectivity index (χ2v) is 18.8. The van der Waals surface area contributed by atoms with E-state index in [1.807, 2.05) is 21.1 Å². The lowest BCUT2D eigenvalue weighted by Gasteiger charge is -2.26. The van der Waals surface area contributed by atoms with E-state index in [0.717, 1.165) is 38.5 Å². The number of carbonyl (C=O) groups is 3. The second-order valence-electron chi connectivity index (χ2n) is 18.8. The molecule has 0 aliphatic carbocycles. The van der Waals surface area contributed by atoms with Crippen molar-refractivity contribution in [3.8, 4) is 0 Å². The Balaban J connectivity index is 4.33. The number of ether oxygens (including phenoxy) is 4. The number of nitrogens with zero attached hydrogens (tertiary/aromatic N) is 1. The number of esters is 2. The van der Waals surface area contributed by atoms with Crippen LogP contribution in [0.1, 0.15) is 239 Å². The maximum Gasteiger partial charge on any atom is 0.306 e. The van der Waals surface area contributed by atoms with Crippen LogP contribution >= 0.6 is 0 Å². The highest BCUT2D eigenvalue weighted by atomic mass is 16.7. The molecule has 0 N–H and O–H groups in total. The Morgan fingerprint density at radius 3 is 1.19 bits per heavy atom. The molecule has 0 saturated heterocycles. The van der Waals surface area contributed by atoms with Crippen LogP contribution in [0.5, 0.6) is 0 Å². The standard InChI is InChI=1S/C53H99NO8/c1-6-8-10-12-14-16-18-20-22-24-26-28-30-32-34-36-38-40-42-44-51(56)62-49(48-61-53(52(57)58)59-46-45-54(3,4)5)47-60-50(55)43-41-39-37-35-33-31-29-27-25-23-21-19-17-15-13-11-9-7-2/h20,22-23,25,49,53H,6-19,21,24,26-48H2,1-5H3/b22-20-,25-23-. The first-order valence-corrected chi connectivity index (χ1v) is 26.0. The molecular formula is C53H99NO8. The first-order chi connectivity index (χ1) is 30.1. The molecule has 2 atom stereocenters. The quantitative estimate of drug-likeness (QED) is 0.0195. The Kier molecular flexibility index (Phi) is 43.7. The zero-order chi connectivity index (χ0) is 45.6. The summed E-state index contributed by atoms with van der Waals surface area (Å²) in [5.74, 6) is -2.28. The summed E-state index contributed by atoms with van der Waals surface area (Å²) in [5, 5.41) is 11.7. The highest BCUT2D eigenvalue weighted by Crippen LogP contribution is 2.15. The number of carbonyl (C=O) groups excluding carboxylic acids is 3. The van der Waals surface area contributed by atoms with E-state index in [-0.39, 0.29) is 38.6 Å². The minimum atomic E-state index is -1.62. The van der Waals surface area contributed by atoms with Gasteiger partial charge in [0.2, 0.25) is 0 Å². The number of hydrogen-bond acceptors (Lipinski definition) is 8. The van der Waals surface area contributed by atoms with Crippen molar-refractivity contribution in [2.75, 3.05) is 47.5 Å². The number of carboxylic acids is 1. The van der Waals surface area contributed by atoms with Gasteiger partial charge in [-0.3, -0.25) is 9.59 Å². The van der Waals surface area contributed by atoms with Gasteiger partial charge in [-0.2, -0.15) is 0 Å². The third kappa shape index (κ3) is 45.8. The predicted octanol–water partition coefficient (Wildman–Crippen LogP) is 13.1. The lowest BCUT2D eigenvalue weighted by Crippen LogP contribution is -2.44. The van der Waals surface area contributed by atoms with Gasteiger partial charge in [-0.1, -0.05) is 186 Å². The smallest absolute Gasteiger partial charge is 0.306 e. The molecule has 0 fully saturated rings. The lowest BCUT2D eigenvalue weighted by atomic mass is 10.1. The molecule has 0 amide bonds. The highest BCUT2D eigenvalue weighted by molar-refractivity contribution is 5.70. The van der Waals surface area contributed by atoms with E-state index in [1.54, 1.807) is 0 Å². The molecule has 9 nitrogen and oxygen atoms in total. The topological polar surface area (TPSA) is 111 Å². The summed E-state index contributed by atoms with van der Waals surface area (Å²) in [6, 6.07) is 0. The van der Waals surface area contributed by atoms with Crippen molar-refractivity contribution in [2.45, 2.75) is 251 Å². The van der Waals surface area contributed by atoms with Crippen LogP contribution in [0.3, 0.4) is 0 Å². The zero-order valence-electron chi connectivity index (χ0n) is 41.3. The van der Waals surface area contributed by atoms with E-state index in [0.29, 0.717) is 17.4 Å². The maximum atomic E-state index is 12.8. The van der Waals surface area contributed by atoms with Gasteiger partial charge in [-0.25, -0.2) is 0 Å². The Labute approximate surface area is 382 Å². The number of aliphatic carboxylic acids is 1. The molecule has 62 heavy (non-hydrogen) atoms. The molecule has 0 aliphatic rings. The SMILES string of the molecule is CCCCCCCC/C=C\CCCCCCCCCCCC(=O)OC(COC(=O)CCCCCCCCC/C=C\CCCCCCCCC)COC(OCC[N+](C)(C)C)C(=O)[O-]. The Bertz CT molecular complexity index is 1070. The number of unbranched alkanes of at least 4 members (excludes halogenated alkanes) is 29. The van der Waals surface area contributed by atoms with Crippen LogP contribution in [-0.2, 0) is 33.3 Å². The average Bonchev–Trinajstić information content (AvgIpc) is 3.23. The van der Waals surface area contributed by atoms with E-state index in [1.165, 1.54) is 167 Å². The molecule has 0 rings (SSSR count). The molecule has 9 heteroatoms. The molecule has 0 radical (unpaired) electrons. The zero-order valence-corrected chi connectivity index (χ0v) is 41.3. The van der Waals surface area contributed by atoms with Gasteiger partial charge in [-0.15, -0.1) is 0 Å². The summed E-state index contributed by atoms with van der Waals surface area (Å²) < 4.78 is 22.6. The molecule has 0 spiro atoms. The van der Waals surface area contributed by atoms with Crippen molar-refractivity contribution in [3.05, 3.63) is 24.3 Å². The fourth-order valence-corrected chi connectivity index (χ4v) is 7.35. The summed E-state index contributed by atoms with van der Waals surface area (Å²) in [5.41, 5.74) is 0. The van der Waals surface area contributed by atoms with Crippen molar-refractivity contribution in [1.29, 1.82) is 0 Å². The van der Waals surface area contributed by atoms with Gasteiger partial charge < -0.3 is 33.3 Å². The number of carboxylic acid groups (broad SMARTS) is 1. The van der Waals surface area contributed by atoms with Crippen LogP contribution in [-0.4, -0.2) is 82.3 Å². The van der Waals surface area contributed by atoms with E-state index < -0.39 is 24.3 Å². The Morgan fingerprint density at radius 2 is 0.823 bits per heavy atom. The number of likely N-dealkylation sites (N-methyl/N-ethyl adjacent to an activating group) is 1. The van der Waals surface area contributed by atoms with Crippen LogP contribution in [0, 0.1) is 0 Å². The molecule has 0 heterocycles. The minimum Gasteiger partial charge on any atom is -0.545 e. The molecule has 0 aromatic carbocycles. The number of hydrogen-bond donors (Lipinski definition) is 0.